The van der Waals surface area contributed by atoms with Gasteiger partial charge in [0.25, 0.3) is 5.91 Å². The number of ketones is 1. The fourth-order valence-electron chi connectivity index (χ4n) is 9.21. The summed E-state index contributed by atoms with van der Waals surface area (Å²) in [7, 11) is 2.01. The minimum atomic E-state index is 0.169. The molecule has 0 saturated heterocycles. The number of fused-ring (bicyclic) bond motifs is 5. The van der Waals surface area contributed by atoms with Crippen LogP contribution in [0.2, 0.25) is 0 Å². The fourth-order valence-corrected chi connectivity index (χ4v) is 9.21. The molecule has 0 bridgehead atoms. The Morgan fingerprint density at radius 3 is 2.28 bits per heavy atom. The number of hydrogen-bond acceptors (Lipinski definition) is 2. The van der Waals surface area contributed by atoms with Crippen molar-refractivity contribution in [1.82, 2.24) is 4.90 Å². The molecule has 0 heterocycles. The third-order valence-corrected chi connectivity index (χ3v) is 11.0. The van der Waals surface area contributed by atoms with Gasteiger partial charge in [0.1, 0.15) is 5.78 Å². The largest absolute Gasteiger partial charge is 0.339 e. The van der Waals surface area contributed by atoms with E-state index in [1.165, 1.54) is 38.5 Å². The van der Waals surface area contributed by atoms with Gasteiger partial charge in [-0.3, -0.25) is 9.59 Å². The molecule has 4 aliphatic rings. The quantitative estimate of drug-likeness (QED) is 0.553. The molecule has 1 aromatic rings. The number of Topliss-reactive ketones (excluding diaryl/α,β-unsaturated/α-hetero) is 1. The first kappa shape index (κ1) is 22.2. The highest BCUT2D eigenvalue weighted by Crippen LogP contribution is 2.67. The van der Waals surface area contributed by atoms with Crippen LogP contribution in [0.4, 0.5) is 0 Å². The Bertz CT molecular complexity index is 880. The van der Waals surface area contributed by atoms with Crippen molar-refractivity contribution >= 4 is 11.7 Å². The van der Waals surface area contributed by atoms with E-state index in [1.54, 1.807) is 0 Å². The number of hydrogen-bond donors (Lipinski definition) is 0. The van der Waals surface area contributed by atoms with E-state index in [4.69, 9.17) is 0 Å². The van der Waals surface area contributed by atoms with Crippen LogP contribution in [0.5, 0.6) is 0 Å². The topological polar surface area (TPSA) is 37.4 Å². The maximum absolute atomic E-state index is 13.1. The predicted molar refractivity (Wildman–Crippen MR) is 128 cm³/mol. The van der Waals surface area contributed by atoms with Gasteiger partial charge in [0.2, 0.25) is 0 Å². The Morgan fingerprint density at radius 1 is 0.875 bits per heavy atom. The Labute approximate surface area is 194 Å². The fraction of sp³-hybridized carbons (Fsp3) is 0.724. The first-order valence-corrected chi connectivity index (χ1v) is 13.1. The standard InChI is InChI=1S/C29H41NO2/c1-19(31)24-12-13-25-23-11-10-21-18-22(30(4)27(32)20-8-6-5-7-9-20)14-16-28(21,2)26(23)15-17-29(24,25)3/h5-9,21-26H,10-18H2,1-4H3. The van der Waals surface area contributed by atoms with Crippen LogP contribution in [0.3, 0.4) is 0 Å². The highest BCUT2D eigenvalue weighted by Gasteiger charge is 2.60. The summed E-state index contributed by atoms with van der Waals surface area (Å²) in [6.45, 7) is 6.86. The van der Waals surface area contributed by atoms with Crippen molar-refractivity contribution in [3.63, 3.8) is 0 Å². The van der Waals surface area contributed by atoms with Gasteiger partial charge in [0.05, 0.1) is 0 Å². The molecule has 8 unspecified atom stereocenters. The van der Waals surface area contributed by atoms with Crippen molar-refractivity contribution in [3.05, 3.63) is 35.9 Å². The minimum Gasteiger partial charge on any atom is -0.339 e. The van der Waals surface area contributed by atoms with Crippen LogP contribution in [0, 0.1) is 40.4 Å². The zero-order valence-corrected chi connectivity index (χ0v) is 20.5. The van der Waals surface area contributed by atoms with E-state index in [2.05, 4.69) is 13.8 Å². The summed E-state index contributed by atoms with van der Waals surface area (Å²) in [6.07, 6.45) is 11.1. The summed E-state index contributed by atoms with van der Waals surface area (Å²) in [4.78, 5) is 27.5. The van der Waals surface area contributed by atoms with Gasteiger partial charge in [-0.25, -0.2) is 0 Å². The van der Waals surface area contributed by atoms with E-state index in [-0.39, 0.29) is 11.3 Å². The number of carbonyl (C=O) groups excluding carboxylic acids is 2. The number of carbonyl (C=O) groups is 2. The molecular weight excluding hydrogens is 394 g/mol. The summed E-state index contributed by atoms with van der Waals surface area (Å²) in [5.41, 5.74) is 1.46. The molecule has 5 rings (SSSR count). The predicted octanol–water partition coefficient (Wildman–Crippen LogP) is 6.38. The van der Waals surface area contributed by atoms with Gasteiger partial charge >= 0.3 is 0 Å². The van der Waals surface area contributed by atoms with Crippen LogP contribution in [0.1, 0.15) is 88.9 Å². The van der Waals surface area contributed by atoms with E-state index in [0.717, 1.165) is 48.5 Å². The molecule has 0 spiro atoms. The van der Waals surface area contributed by atoms with Crippen molar-refractivity contribution < 1.29 is 9.59 Å². The van der Waals surface area contributed by atoms with Gasteiger partial charge < -0.3 is 4.90 Å². The van der Waals surface area contributed by atoms with E-state index >= 15 is 0 Å². The number of nitrogens with zero attached hydrogens (tertiary/aromatic N) is 1. The summed E-state index contributed by atoms with van der Waals surface area (Å²) in [6, 6.07) is 10.1. The van der Waals surface area contributed by atoms with Gasteiger partial charge in [0.15, 0.2) is 0 Å². The average Bonchev–Trinajstić information content (AvgIpc) is 3.15. The monoisotopic (exact) mass is 435 g/mol. The summed E-state index contributed by atoms with van der Waals surface area (Å²) >= 11 is 0. The second-order valence-corrected chi connectivity index (χ2v) is 12.2. The lowest BCUT2D eigenvalue weighted by Crippen LogP contribution is -2.55. The van der Waals surface area contributed by atoms with Crippen LogP contribution in [-0.2, 0) is 4.79 Å². The van der Waals surface area contributed by atoms with Gasteiger partial charge in [-0.05, 0) is 111 Å². The van der Waals surface area contributed by atoms with Crippen molar-refractivity contribution in [3.8, 4) is 0 Å². The zero-order chi connectivity index (χ0) is 22.7. The number of amides is 1. The molecular formula is C29H41NO2. The lowest BCUT2D eigenvalue weighted by Gasteiger charge is -2.61. The highest BCUT2D eigenvalue weighted by atomic mass is 16.2. The molecule has 4 saturated carbocycles. The van der Waals surface area contributed by atoms with Gasteiger partial charge in [-0.2, -0.15) is 0 Å². The molecule has 0 aliphatic heterocycles. The second kappa shape index (κ2) is 7.99. The molecule has 3 nitrogen and oxygen atoms in total. The summed E-state index contributed by atoms with van der Waals surface area (Å²) in [5, 5.41) is 0. The second-order valence-electron chi connectivity index (χ2n) is 12.2. The van der Waals surface area contributed by atoms with Crippen LogP contribution in [0.15, 0.2) is 30.3 Å². The molecule has 1 amide bonds. The third kappa shape index (κ3) is 3.29. The van der Waals surface area contributed by atoms with Crippen molar-refractivity contribution in [2.24, 2.45) is 40.4 Å². The molecule has 0 radical (unpaired) electrons. The number of rotatable bonds is 3. The molecule has 1 aromatic carbocycles. The third-order valence-electron chi connectivity index (χ3n) is 11.0. The van der Waals surface area contributed by atoms with Gasteiger partial charge in [0, 0.05) is 24.6 Å². The molecule has 4 aliphatic carbocycles. The Kier molecular flexibility index (Phi) is 5.54. The van der Waals surface area contributed by atoms with Crippen LogP contribution >= 0.6 is 0 Å². The summed E-state index contributed by atoms with van der Waals surface area (Å²) < 4.78 is 0. The van der Waals surface area contributed by atoms with Crippen LogP contribution in [-0.4, -0.2) is 29.7 Å². The van der Waals surface area contributed by atoms with E-state index < -0.39 is 0 Å². The summed E-state index contributed by atoms with van der Waals surface area (Å²) in [5.74, 6) is 3.98. The van der Waals surface area contributed by atoms with Crippen molar-refractivity contribution in [2.75, 3.05) is 7.05 Å². The maximum atomic E-state index is 13.1. The van der Waals surface area contributed by atoms with Crippen molar-refractivity contribution in [2.45, 2.75) is 84.6 Å². The lowest BCUT2D eigenvalue weighted by molar-refractivity contribution is -0.135. The molecule has 0 N–H and O–H groups in total. The Hall–Kier alpha value is -1.64. The Balaban J connectivity index is 1.31. The molecule has 0 aromatic heterocycles. The van der Waals surface area contributed by atoms with Crippen molar-refractivity contribution in [1.29, 1.82) is 0 Å². The molecule has 3 heteroatoms. The SMILES string of the molecule is CC(=O)C1CCC2C3CCC4CC(N(C)C(=O)c5ccccc5)CCC4(C)C3CCC12C. The zero-order valence-electron chi connectivity index (χ0n) is 20.5. The van der Waals surface area contributed by atoms with E-state index in [1.807, 2.05) is 49.2 Å². The normalized spacial score (nSPS) is 43.0. The van der Waals surface area contributed by atoms with Gasteiger partial charge in [-0.15, -0.1) is 0 Å². The minimum absolute atomic E-state index is 0.169. The van der Waals surface area contributed by atoms with Crippen LogP contribution < -0.4 is 0 Å². The molecule has 32 heavy (non-hydrogen) atoms. The smallest absolute Gasteiger partial charge is 0.253 e. The average molecular weight is 436 g/mol. The van der Waals surface area contributed by atoms with E-state index in [9.17, 15) is 9.59 Å². The molecule has 174 valence electrons. The number of benzene rings is 1. The van der Waals surface area contributed by atoms with Crippen LogP contribution in [0.25, 0.3) is 0 Å². The maximum Gasteiger partial charge on any atom is 0.253 e. The first-order valence-electron chi connectivity index (χ1n) is 13.1. The molecule has 4 fully saturated rings. The van der Waals surface area contributed by atoms with Gasteiger partial charge in [-0.1, -0.05) is 32.0 Å². The highest BCUT2D eigenvalue weighted by molar-refractivity contribution is 5.94. The first-order chi connectivity index (χ1) is 15.3. The molecule has 8 atom stereocenters. The van der Waals surface area contributed by atoms with E-state index in [0.29, 0.717) is 23.2 Å². The Morgan fingerprint density at radius 2 is 1.56 bits per heavy atom. The lowest BCUT2D eigenvalue weighted by atomic mass is 9.44.